The molecular weight excluding hydrogens is 184 g/mol. The maximum atomic E-state index is 4.26. The van der Waals surface area contributed by atoms with Gasteiger partial charge in [-0.15, -0.1) is 10.2 Å². The molecule has 2 heterocycles. The average molecular weight is 194 g/mol. The third kappa shape index (κ3) is 1.60. The second-order valence-corrected chi connectivity index (χ2v) is 3.50. The van der Waals surface area contributed by atoms with Crippen LogP contribution in [0.2, 0.25) is 0 Å². The van der Waals surface area contributed by atoms with E-state index in [9.17, 15) is 0 Å². The van der Waals surface area contributed by atoms with Crippen molar-refractivity contribution < 1.29 is 0 Å². The van der Waals surface area contributed by atoms with Crippen LogP contribution in [0.3, 0.4) is 0 Å². The van der Waals surface area contributed by atoms with E-state index in [1.54, 1.807) is 11.7 Å². The molecule has 0 amide bonds. The topological polar surface area (TPSA) is 43.6 Å². The van der Waals surface area contributed by atoms with E-state index < -0.39 is 0 Å². The van der Waals surface area contributed by atoms with Crippen LogP contribution in [0.1, 0.15) is 19.2 Å². The van der Waals surface area contributed by atoms with Crippen LogP contribution in [-0.4, -0.2) is 19.7 Å². The van der Waals surface area contributed by atoms with Crippen molar-refractivity contribution in [3.05, 3.63) is 23.7 Å². The number of imidazole rings is 1. The average Bonchev–Trinajstić information content (AvgIpc) is 2.71. The molecule has 2 aromatic rings. The van der Waals surface area contributed by atoms with Crippen molar-refractivity contribution in [1.29, 1.82) is 0 Å². The van der Waals surface area contributed by atoms with Crippen LogP contribution in [-0.2, 0) is 6.42 Å². The summed E-state index contributed by atoms with van der Waals surface area (Å²) in [6, 6.07) is 0. The fourth-order valence-corrected chi connectivity index (χ4v) is 1.75. The van der Waals surface area contributed by atoms with E-state index in [1.807, 2.05) is 10.8 Å². The Kier molecular flexibility index (Phi) is 2.35. The van der Waals surface area contributed by atoms with E-state index in [1.165, 1.54) is 11.3 Å². The van der Waals surface area contributed by atoms with Crippen LogP contribution in [0.25, 0.3) is 5.13 Å². The van der Waals surface area contributed by atoms with Crippen molar-refractivity contribution >= 4 is 11.3 Å². The molecule has 0 aliphatic rings. The first-order valence-corrected chi connectivity index (χ1v) is 5.08. The molecule has 2 aromatic heterocycles. The lowest BCUT2D eigenvalue weighted by atomic mass is 10.3. The van der Waals surface area contributed by atoms with Gasteiger partial charge < -0.3 is 0 Å². The second-order valence-electron chi connectivity index (χ2n) is 2.68. The summed E-state index contributed by atoms with van der Waals surface area (Å²) in [6.07, 6.45) is 5.79. The van der Waals surface area contributed by atoms with Gasteiger partial charge in [-0.3, -0.25) is 4.57 Å². The van der Waals surface area contributed by atoms with Crippen LogP contribution in [0.5, 0.6) is 0 Å². The van der Waals surface area contributed by atoms with Crippen molar-refractivity contribution in [3.8, 4) is 5.13 Å². The highest BCUT2D eigenvalue weighted by Crippen LogP contribution is 2.12. The van der Waals surface area contributed by atoms with Crippen LogP contribution in [0, 0.1) is 0 Å². The summed E-state index contributed by atoms with van der Waals surface area (Å²) in [5.41, 5.74) is 1.73. The standard InChI is InChI=1S/C8H10N4S/c1-2-3-7-9-4-5-12(7)8-11-10-6-13-8/h4-6H,2-3H2,1H3. The molecule has 4 nitrogen and oxygen atoms in total. The van der Waals surface area contributed by atoms with Gasteiger partial charge in [0.15, 0.2) is 0 Å². The fraction of sp³-hybridized carbons (Fsp3) is 0.375. The van der Waals surface area contributed by atoms with Gasteiger partial charge in [-0.05, 0) is 6.42 Å². The Morgan fingerprint density at radius 2 is 2.46 bits per heavy atom. The smallest absolute Gasteiger partial charge is 0.217 e. The van der Waals surface area contributed by atoms with Gasteiger partial charge in [0.05, 0.1) is 0 Å². The minimum absolute atomic E-state index is 0.890. The van der Waals surface area contributed by atoms with Crippen molar-refractivity contribution in [3.63, 3.8) is 0 Å². The highest BCUT2D eigenvalue weighted by molar-refractivity contribution is 7.11. The quantitative estimate of drug-likeness (QED) is 0.746. The number of hydrogen-bond donors (Lipinski definition) is 0. The Morgan fingerprint density at radius 1 is 1.54 bits per heavy atom. The monoisotopic (exact) mass is 194 g/mol. The summed E-state index contributed by atoms with van der Waals surface area (Å²) in [5, 5.41) is 8.68. The number of aryl methyl sites for hydroxylation is 1. The summed E-state index contributed by atoms with van der Waals surface area (Å²) in [6.45, 7) is 2.14. The molecule has 0 N–H and O–H groups in total. The fourth-order valence-electron chi connectivity index (χ4n) is 1.19. The molecule has 0 radical (unpaired) electrons. The molecule has 0 aliphatic carbocycles. The minimum Gasteiger partial charge on any atom is -0.278 e. The first-order chi connectivity index (χ1) is 6.42. The lowest BCUT2D eigenvalue weighted by Gasteiger charge is -2.00. The molecule has 0 spiro atoms. The van der Waals surface area contributed by atoms with E-state index in [2.05, 4.69) is 22.1 Å². The maximum Gasteiger partial charge on any atom is 0.217 e. The van der Waals surface area contributed by atoms with E-state index >= 15 is 0 Å². The molecule has 0 fully saturated rings. The first-order valence-electron chi connectivity index (χ1n) is 4.20. The largest absolute Gasteiger partial charge is 0.278 e. The molecule has 0 unspecified atom stereocenters. The number of nitrogens with zero attached hydrogens (tertiary/aromatic N) is 4. The van der Waals surface area contributed by atoms with Gasteiger partial charge in [-0.1, -0.05) is 18.3 Å². The highest BCUT2D eigenvalue weighted by Gasteiger charge is 2.05. The van der Waals surface area contributed by atoms with Crippen molar-refractivity contribution in [1.82, 2.24) is 19.7 Å². The van der Waals surface area contributed by atoms with Gasteiger partial charge in [0.2, 0.25) is 5.13 Å². The third-order valence-electron chi connectivity index (χ3n) is 1.75. The normalized spacial score (nSPS) is 10.5. The Hall–Kier alpha value is -1.23. The molecule has 68 valence electrons. The molecule has 2 rings (SSSR count). The SMILES string of the molecule is CCCc1nccn1-c1nncs1. The molecule has 13 heavy (non-hydrogen) atoms. The number of rotatable bonds is 3. The van der Waals surface area contributed by atoms with Crippen molar-refractivity contribution in [2.45, 2.75) is 19.8 Å². The zero-order valence-corrected chi connectivity index (χ0v) is 8.16. The predicted molar refractivity (Wildman–Crippen MR) is 51.0 cm³/mol. The zero-order valence-electron chi connectivity index (χ0n) is 7.34. The predicted octanol–water partition coefficient (Wildman–Crippen LogP) is 1.68. The summed E-state index contributed by atoms with van der Waals surface area (Å²) in [4.78, 5) is 4.26. The Morgan fingerprint density at radius 3 is 3.15 bits per heavy atom. The first kappa shape index (κ1) is 8.37. The van der Waals surface area contributed by atoms with Gasteiger partial charge in [0.25, 0.3) is 0 Å². The lowest BCUT2D eigenvalue weighted by molar-refractivity contribution is 0.799. The maximum absolute atomic E-state index is 4.26. The van der Waals surface area contributed by atoms with Gasteiger partial charge in [0.1, 0.15) is 11.3 Å². The van der Waals surface area contributed by atoms with Crippen molar-refractivity contribution in [2.75, 3.05) is 0 Å². The summed E-state index contributed by atoms with van der Waals surface area (Å²) < 4.78 is 1.99. The molecule has 0 saturated carbocycles. The molecular formula is C8H10N4S. The molecule has 0 bridgehead atoms. The van der Waals surface area contributed by atoms with Crippen molar-refractivity contribution in [2.24, 2.45) is 0 Å². The van der Waals surface area contributed by atoms with E-state index in [4.69, 9.17) is 0 Å². The van der Waals surface area contributed by atoms with Crippen LogP contribution in [0.4, 0.5) is 0 Å². The van der Waals surface area contributed by atoms with E-state index in [0.717, 1.165) is 23.8 Å². The molecule has 5 heteroatoms. The van der Waals surface area contributed by atoms with Crippen LogP contribution < -0.4 is 0 Å². The summed E-state index contributed by atoms with van der Waals surface area (Å²) in [7, 11) is 0. The van der Waals surface area contributed by atoms with Crippen LogP contribution >= 0.6 is 11.3 Å². The van der Waals surface area contributed by atoms with E-state index in [-0.39, 0.29) is 0 Å². The van der Waals surface area contributed by atoms with Gasteiger partial charge in [-0.2, -0.15) is 0 Å². The highest BCUT2D eigenvalue weighted by atomic mass is 32.1. The molecule has 0 saturated heterocycles. The van der Waals surface area contributed by atoms with Gasteiger partial charge in [-0.25, -0.2) is 4.98 Å². The lowest BCUT2D eigenvalue weighted by Crippen LogP contribution is -1.99. The number of aromatic nitrogens is 4. The van der Waals surface area contributed by atoms with Crippen LogP contribution in [0.15, 0.2) is 17.9 Å². The Labute approximate surface area is 80.3 Å². The minimum atomic E-state index is 0.890. The van der Waals surface area contributed by atoms with Gasteiger partial charge in [0, 0.05) is 18.8 Å². The van der Waals surface area contributed by atoms with E-state index in [0.29, 0.717) is 0 Å². The summed E-state index contributed by atoms with van der Waals surface area (Å²) >= 11 is 1.52. The molecule has 0 aromatic carbocycles. The Balaban J connectivity index is 2.35. The zero-order chi connectivity index (χ0) is 9.10. The Bertz CT molecular complexity index is 365. The molecule has 0 aliphatic heterocycles. The molecule has 0 atom stereocenters. The number of hydrogen-bond acceptors (Lipinski definition) is 4. The van der Waals surface area contributed by atoms with Gasteiger partial charge >= 0.3 is 0 Å². The third-order valence-corrected chi connectivity index (χ3v) is 2.43. The second kappa shape index (κ2) is 3.66. The summed E-state index contributed by atoms with van der Waals surface area (Å²) in [5.74, 6) is 1.05.